The predicted octanol–water partition coefficient (Wildman–Crippen LogP) is -13.8. The topological polar surface area (TPSA) is 178 Å². The quantitative estimate of drug-likeness (QED) is 0.270. The number of hydrogen-bond donors (Lipinski definition) is 2. The van der Waals surface area contributed by atoms with Crippen molar-refractivity contribution in [3.05, 3.63) is 0 Å². The third-order valence-electron chi connectivity index (χ3n) is 2.26. The minimum absolute atomic E-state index is 0. The molecule has 98 valence electrons. The average molecular weight is 336 g/mol. The van der Waals surface area contributed by atoms with E-state index in [2.05, 4.69) is 0 Å². The summed E-state index contributed by atoms with van der Waals surface area (Å²) in [5.41, 5.74) is -6.43. The SMILES string of the molecule is CCC(C(C(=O)[O-])(C(=O)[O-])C(=O)[O-])P(=O)(O)O.[Na+].[Na+].[Na+]. The van der Waals surface area contributed by atoms with Gasteiger partial charge in [-0.3, -0.25) is 4.57 Å². The molecule has 9 nitrogen and oxygen atoms in total. The Hall–Kier alpha value is 1.56. The van der Waals surface area contributed by atoms with E-state index in [-0.39, 0.29) is 88.7 Å². The van der Waals surface area contributed by atoms with Gasteiger partial charge in [-0.05, 0) is 6.42 Å². The minimum atomic E-state index is -5.32. The molecule has 0 aromatic carbocycles. The minimum Gasteiger partial charge on any atom is -0.549 e. The second-order valence-electron chi connectivity index (χ2n) is 3.18. The smallest absolute Gasteiger partial charge is 0.549 e. The van der Waals surface area contributed by atoms with Crippen LogP contribution in [0.1, 0.15) is 13.3 Å². The molecule has 0 aliphatic heterocycles. The molecule has 20 heavy (non-hydrogen) atoms. The van der Waals surface area contributed by atoms with Gasteiger partial charge in [0.25, 0.3) is 0 Å². The third-order valence-corrected chi connectivity index (χ3v) is 3.82. The van der Waals surface area contributed by atoms with Crippen molar-refractivity contribution in [1.29, 1.82) is 0 Å². The van der Waals surface area contributed by atoms with Crippen LogP contribution in [0.3, 0.4) is 0 Å². The first kappa shape index (κ1) is 29.6. The van der Waals surface area contributed by atoms with E-state index in [1.54, 1.807) is 0 Å². The van der Waals surface area contributed by atoms with Crippen LogP contribution < -0.4 is 104 Å². The summed E-state index contributed by atoms with van der Waals surface area (Å²) in [6, 6.07) is 0. The number of carboxylic acids is 3. The summed E-state index contributed by atoms with van der Waals surface area (Å²) in [5.74, 6) is -8.10. The van der Waals surface area contributed by atoms with Gasteiger partial charge in [0, 0.05) is 0 Å². The molecule has 0 amide bonds. The largest absolute Gasteiger partial charge is 1.00 e. The van der Waals surface area contributed by atoms with Gasteiger partial charge < -0.3 is 39.5 Å². The van der Waals surface area contributed by atoms with Crippen LogP contribution in [-0.2, 0) is 18.9 Å². The summed E-state index contributed by atoms with van der Waals surface area (Å²) in [6.45, 7) is 1.01. The van der Waals surface area contributed by atoms with Gasteiger partial charge in [-0.2, -0.15) is 0 Å². The first-order valence-electron chi connectivity index (χ1n) is 4.22. The van der Waals surface area contributed by atoms with Gasteiger partial charge in [0.05, 0.1) is 23.6 Å². The molecule has 0 fully saturated rings. The Balaban J connectivity index is -0.000000427. The first-order chi connectivity index (χ1) is 7.52. The van der Waals surface area contributed by atoms with Gasteiger partial charge in [0.15, 0.2) is 0 Å². The van der Waals surface area contributed by atoms with Crippen LogP contribution in [0.5, 0.6) is 0 Å². The Bertz CT molecular complexity index is 370. The summed E-state index contributed by atoms with van der Waals surface area (Å²) in [5, 5.41) is 32.0. The van der Waals surface area contributed by atoms with Crippen molar-refractivity contribution < 1.29 is 133 Å². The monoisotopic (exact) mass is 336 g/mol. The van der Waals surface area contributed by atoms with Crippen LogP contribution in [0.25, 0.3) is 0 Å². The standard InChI is InChI=1S/C7H11O9P.3Na/c1-2-3(17(14,15)16)7(4(8)9,5(10)11)6(12)13;;;/h3H,2H2,1H3,(H,8,9)(H,10,11)(H,12,13)(H2,14,15,16);;;/q;3*+1/p-3. The number of hydrogen-bond acceptors (Lipinski definition) is 7. The van der Waals surface area contributed by atoms with Crippen molar-refractivity contribution in [2.45, 2.75) is 19.0 Å². The fourth-order valence-corrected chi connectivity index (χ4v) is 2.75. The van der Waals surface area contributed by atoms with Crippen LogP contribution in [0.2, 0.25) is 0 Å². The molecule has 0 radical (unpaired) electrons. The van der Waals surface area contributed by atoms with Gasteiger partial charge in [0.1, 0.15) is 5.41 Å². The fraction of sp³-hybridized carbons (Fsp3) is 0.571. The summed E-state index contributed by atoms with van der Waals surface area (Å²) in [7, 11) is -5.32. The summed E-state index contributed by atoms with van der Waals surface area (Å²) >= 11 is 0. The number of carboxylic acid groups (broad SMARTS) is 3. The van der Waals surface area contributed by atoms with Gasteiger partial charge in [-0.15, -0.1) is 0 Å². The molecule has 0 bridgehead atoms. The van der Waals surface area contributed by atoms with Gasteiger partial charge in [-0.1, -0.05) is 6.92 Å². The molecule has 0 spiro atoms. The number of carbonyl (C=O) groups excluding carboxylic acids is 3. The molecule has 0 rings (SSSR count). The van der Waals surface area contributed by atoms with Crippen LogP contribution in [0, 0.1) is 5.41 Å². The van der Waals surface area contributed by atoms with E-state index < -0.39 is 43.0 Å². The van der Waals surface area contributed by atoms with Gasteiger partial charge >= 0.3 is 96.3 Å². The third kappa shape index (κ3) is 5.98. The Kier molecular flexibility index (Phi) is 16.5. The summed E-state index contributed by atoms with van der Waals surface area (Å²) < 4.78 is 10.9. The molecule has 0 aromatic heterocycles. The maximum Gasteiger partial charge on any atom is 1.00 e. The summed E-state index contributed by atoms with van der Waals surface area (Å²) in [4.78, 5) is 49.6. The Morgan fingerprint density at radius 1 is 1.00 bits per heavy atom. The van der Waals surface area contributed by atoms with Gasteiger partial charge in [-0.25, -0.2) is 0 Å². The average Bonchev–Trinajstić information content (AvgIpc) is 2.09. The normalized spacial score (nSPS) is 11.9. The Morgan fingerprint density at radius 3 is 1.30 bits per heavy atom. The zero-order valence-electron chi connectivity index (χ0n) is 11.5. The van der Waals surface area contributed by atoms with Crippen molar-refractivity contribution in [2.75, 3.05) is 0 Å². The van der Waals surface area contributed by atoms with Crippen molar-refractivity contribution >= 4 is 25.5 Å². The van der Waals surface area contributed by atoms with E-state index in [0.717, 1.165) is 6.92 Å². The van der Waals surface area contributed by atoms with E-state index in [0.29, 0.717) is 0 Å². The van der Waals surface area contributed by atoms with Crippen LogP contribution in [-0.4, -0.2) is 33.4 Å². The van der Waals surface area contributed by atoms with E-state index in [9.17, 15) is 34.3 Å². The maximum absolute atomic E-state index is 10.9. The molecular formula is C7H8Na3O9P. The second kappa shape index (κ2) is 11.2. The Morgan fingerprint density at radius 2 is 1.25 bits per heavy atom. The zero-order chi connectivity index (χ0) is 14.0. The molecule has 0 saturated carbocycles. The number of carbonyl (C=O) groups is 3. The molecule has 0 saturated heterocycles. The van der Waals surface area contributed by atoms with E-state index in [1.807, 2.05) is 0 Å². The van der Waals surface area contributed by atoms with E-state index in [4.69, 9.17) is 9.79 Å². The van der Waals surface area contributed by atoms with Gasteiger partial charge in [0.2, 0.25) is 0 Å². The van der Waals surface area contributed by atoms with Crippen LogP contribution in [0.4, 0.5) is 0 Å². The van der Waals surface area contributed by atoms with Crippen LogP contribution >= 0.6 is 7.60 Å². The molecule has 2 N–H and O–H groups in total. The first-order valence-corrected chi connectivity index (χ1v) is 5.90. The van der Waals surface area contributed by atoms with Crippen molar-refractivity contribution in [3.8, 4) is 0 Å². The molecule has 0 aromatic rings. The van der Waals surface area contributed by atoms with E-state index >= 15 is 0 Å². The second-order valence-corrected chi connectivity index (χ2v) is 4.99. The number of rotatable bonds is 6. The predicted molar refractivity (Wildman–Crippen MR) is 43.6 cm³/mol. The van der Waals surface area contributed by atoms with Crippen molar-refractivity contribution in [1.82, 2.24) is 0 Å². The molecule has 0 aliphatic rings. The molecule has 13 heteroatoms. The van der Waals surface area contributed by atoms with Crippen molar-refractivity contribution in [2.24, 2.45) is 5.41 Å². The van der Waals surface area contributed by atoms with E-state index in [1.165, 1.54) is 0 Å². The molecule has 0 aliphatic carbocycles. The molecular weight excluding hydrogens is 328 g/mol. The fourth-order valence-electron chi connectivity index (χ4n) is 1.45. The molecule has 1 atom stereocenters. The number of aliphatic carboxylic acids is 3. The summed E-state index contributed by atoms with van der Waals surface area (Å²) in [6.07, 6.45) is -0.736. The van der Waals surface area contributed by atoms with Crippen LogP contribution in [0.15, 0.2) is 0 Å². The molecule has 0 heterocycles. The maximum atomic E-state index is 10.9. The zero-order valence-corrected chi connectivity index (χ0v) is 18.4. The van der Waals surface area contributed by atoms with Crippen molar-refractivity contribution in [3.63, 3.8) is 0 Å². The Labute approximate surface area is 180 Å². The molecule has 1 unspecified atom stereocenters.